The summed E-state index contributed by atoms with van der Waals surface area (Å²) < 4.78 is 4.75. The number of methoxy groups -OCH3 is 1. The molecule has 0 unspecified atom stereocenters. The van der Waals surface area contributed by atoms with Crippen LogP contribution in [0.5, 0.6) is 0 Å². The van der Waals surface area contributed by atoms with Crippen LogP contribution in [0.4, 0.5) is 0 Å². The first kappa shape index (κ1) is 14.4. The van der Waals surface area contributed by atoms with Gasteiger partial charge in [-0.3, -0.25) is 9.59 Å². The standard InChI is InChI=1S/C15H25NO3/c1-15(9-5-6-10-15)14(18)16(11-13(17)19-2)12-7-3-4-8-12/h12H,3-11H2,1-2H3. The Balaban J connectivity index is 2.11. The summed E-state index contributed by atoms with van der Waals surface area (Å²) >= 11 is 0. The predicted molar refractivity (Wildman–Crippen MR) is 72.6 cm³/mol. The molecule has 0 saturated heterocycles. The van der Waals surface area contributed by atoms with Gasteiger partial charge in [-0.15, -0.1) is 0 Å². The zero-order chi connectivity index (χ0) is 13.9. The third-order valence-corrected chi connectivity index (χ3v) is 4.78. The zero-order valence-corrected chi connectivity index (χ0v) is 12.1. The quantitative estimate of drug-likeness (QED) is 0.735. The number of nitrogens with zero attached hydrogens (tertiary/aromatic N) is 1. The van der Waals surface area contributed by atoms with Crippen molar-refractivity contribution in [1.82, 2.24) is 4.90 Å². The van der Waals surface area contributed by atoms with Crippen LogP contribution >= 0.6 is 0 Å². The zero-order valence-electron chi connectivity index (χ0n) is 12.1. The third kappa shape index (κ3) is 3.10. The highest BCUT2D eigenvalue weighted by atomic mass is 16.5. The van der Waals surface area contributed by atoms with Gasteiger partial charge in [-0.2, -0.15) is 0 Å². The molecular formula is C15H25NO3. The lowest BCUT2D eigenvalue weighted by Crippen LogP contribution is -2.48. The highest BCUT2D eigenvalue weighted by molar-refractivity contribution is 5.86. The molecule has 4 heteroatoms. The van der Waals surface area contributed by atoms with E-state index in [1.54, 1.807) is 0 Å². The maximum absolute atomic E-state index is 12.8. The molecule has 19 heavy (non-hydrogen) atoms. The monoisotopic (exact) mass is 267 g/mol. The lowest BCUT2D eigenvalue weighted by atomic mass is 9.86. The van der Waals surface area contributed by atoms with Crippen LogP contribution in [-0.4, -0.2) is 36.5 Å². The maximum Gasteiger partial charge on any atom is 0.325 e. The normalized spacial score (nSPS) is 22.4. The third-order valence-electron chi connectivity index (χ3n) is 4.78. The molecule has 0 aromatic rings. The van der Waals surface area contributed by atoms with Gasteiger partial charge in [0.25, 0.3) is 0 Å². The van der Waals surface area contributed by atoms with Crippen molar-refractivity contribution in [2.24, 2.45) is 5.41 Å². The van der Waals surface area contributed by atoms with Crippen LogP contribution in [0.25, 0.3) is 0 Å². The minimum Gasteiger partial charge on any atom is -0.468 e. The topological polar surface area (TPSA) is 46.6 Å². The van der Waals surface area contributed by atoms with E-state index in [2.05, 4.69) is 6.92 Å². The maximum atomic E-state index is 12.8. The first-order valence-corrected chi connectivity index (χ1v) is 7.45. The van der Waals surface area contributed by atoms with E-state index in [0.29, 0.717) is 0 Å². The van der Waals surface area contributed by atoms with Gasteiger partial charge in [-0.05, 0) is 25.7 Å². The second kappa shape index (κ2) is 5.93. The van der Waals surface area contributed by atoms with Gasteiger partial charge in [0.2, 0.25) is 5.91 Å². The molecule has 2 fully saturated rings. The number of carbonyl (C=O) groups is 2. The van der Waals surface area contributed by atoms with Crippen molar-refractivity contribution in [2.75, 3.05) is 13.7 Å². The number of esters is 1. The molecule has 0 N–H and O–H groups in total. The molecule has 0 aliphatic heterocycles. The summed E-state index contributed by atoms with van der Waals surface area (Å²) in [4.78, 5) is 26.2. The minimum atomic E-state index is -0.304. The summed E-state index contributed by atoms with van der Waals surface area (Å²) in [7, 11) is 1.39. The Morgan fingerprint density at radius 1 is 1.16 bits per heavy atom. The van der Waals surface area contributed by atoms with Crippen molar-refractivity contribution < 1.29 is 14.3 Å². The first-order valence-electron chi connectivity index (χ1n) is 7.45. The van der Waals surface area contributed by atoms with Crippen LogP contribution in [0.1, 0.15) is 58.3 Å². The summed E-state index contributed by atoms with van der Waals surface area (Å²) in [5, 5.41) is 0. The fourth-order valence-corrected chi connectivity index (χ4v) is 3.50. The van der Waals surface area contributed by atoms with Crippen molar-refractivity contribution in [3.63, 3.8) is 0 Å². The number of hydrogen-bond acceptors (Lipinski definition) is 3. The molecule has 2 rings (SSSR count). The minimum absolute atomic E-state index is 0.121. The smallest absolute Gasteiger partial charge is 0.325 e. The van der Waals surface area contributed by atoms with Gasteiger partial charge >= 0.3 is 5.97 Å². The average molecular weight is 267 g/mol. The summed E-state index contributed by atoms with van der Waals surface area (Å²) in [5.74, 6) is -0.135. The predicted octanol–water partition coefficient (Wildman–Crippen LogP) is 2.51. The van der Waals surface area contributed by atoms with E-state index in [4.69, 9.17) is 4.74 Å². The summed E-state index contributed by atoms with van der Waals surface area (Å²) in [6, 6.07) is 0.240. The van der Waals surface area contributed by atoms with Crippen LogP contribution < -0.4 is 0 Å². The lowest BCUT2D eigenvalue weighted by molar-refractivity contribution is -0.153. The van der Waals surface area contributed by atoms with Crippen molar-refractivity contribution in [3.8, 4) is 0 Å². The Morgan fingerprint density at radius 2 is 1.74 bits per heavy atom. The van der Waals surface area contributed by atoms with Gasteiger partial charge < -0.3 is 9.64 Å². The molecule has 108 valence electrons. The van der Waals surface area contributed by atoms with E-state index in [-0.39, 0.29) is 29.9 Å². The van der Waals surface area contributed by atoms with Crippen LogP contribution in [0.3, 0.4) is 0 Å². The molecule has 2 saturated carbocycles. The molecular weight excluding hydrogens is 242 g/mol. The van der Waals surface area contributed by atoms with Gasteiger partial charge in [0.05, 0.1) is 7.11 Å². The molecule has 4 nitrogen and oxygen atoms in total. The van der Waals surface area contributed by atoms with Crippen molar-refractivity contribution in [2.45, 2.75) is 64.3 Å². The molecule has 0 radical (unpaired) electrons. The van der Waals surface area contributed by atoms with Crippen LogP contribution in [0, 0.1) is 5.41 Å². The van der Waals surface area contributed by atoms with Gasteiger partial charge in [-0.1, -0.05) is 32.6 Å². The summed E-state index contributed by atoms with van der Waals surface area (Å²) in [6.45, 7) is 2.18. The molecule has 1 amide bonds. The molecule has 0 aromatic carbocycles. The lowest BCUT2D eigenvalue weighted by Gasteiger charge is -2.35. The molecule has 0 spiro atoms. The molecule has 2 aliphatic rings. The Labute approximate surface area is 115 Å². The molecule has 2 aliphatic carbocycles. The van der Waals surface area contributed by atoms with E-state index >= 15 is 0 Å². The van der Waals surface area contributed by atoms with E-state index in [9.17, 15) is 9.59 Å². The van der Waals surface area contributed by atoms with E-state index < -0.39 is 0 Å². The van der Waals surface area contributed by atoms with E-state index in [1.807, 2.05) is 4.90 Å². The Kier molecular flexibility index (Phi) is 4.48. The van der Waals surface area contributed by atoms with Gasteiger partial charge in [-0.25, -0.2) is 0 Å². The van der Waals surface area contributed by atoms with Crippen molar-refractivity contribution in [1.29, 1.82) is 0 Å². The van der Waals surface area contributed by atoms with E-state index in [1.165, 1.54) is 7.11 Å². The summed E-state index contributed by atoms with van der Waals surface area (Å²) in [6.07, 6.45) is 8.53. The second-order valence-electron chi connectivity index (χ2n) is 6.22. The first-order chi connectivity index (χ1) is 9.07. The fraction of sp³-hybridized carbons (Fsp3) is 0.867. The Hall–Kier alpha value is -1.06. The van der Waals surface area contributed by atoms with Gasteiger partial charge in [0.15, 0.2) is 0 Å². The SMILES string of the molecule is COC(=O)CN(C(=O)C1(C)CCCC1)C1CCCC1. The average Bonchev–Trinajstić information content (AvgIpc) is 3.06. The van der Waals surface area contributed by atoms with Gasteiger partial charge in [0.1, 0.15) is 6.54 Å². The van der Waals surface area contributed by atoms with Crippen molar-refractivity contribution >= 4 is 11.9 Å². The van der Waals surface area contributed by atoms with Crippen molar-refractivity contribution in [3.05, 3.63) is 0 Å². The second-order valence-corrected chi connectivity index (χ2v) is 6.22. The highest BCUT2D eigenvalue weighted by Crippen LogP contribution is 2.40. The highest BCUT2D eigenvalue weighted by Gasteiger charge is 2.42. The molecule has 0 bridgehead atoms. The molecule has 0 heterocycles. The number of carbonyl (C=O) groups excluding carboxylic acids is 2. The van der Waals surface area contributed by atoms with Gasteiger partial charge in [0, 0.05) is 11.5 Å². The number of ether oxygens (including phenoxy) is 1. The number of amides is 1. The molecule has 0 aromatic heterocycles. The summed E-state index contributed by atoms with van der Waals surface area (Å²) in [5.41, 5.74) is -0.253. The van der Waals surface area contributed by atoms with Crippen LogP contribution in [0.2, 0.25) is 0 Å². The Bertz CT molecular complexity index is 341. The largest absolute Gasteiger partial charge is 0.468 e. The van der Waals surface area contributed by atoms with Crippen LogP contribution in [0.15, 0.2) is 0 Å². The molecule has 0 atom stereocenters. The van der Waals surface area contributed by atoms with E-state index in [0.717, 1.165) is 51.4 Å². The number of hydrogen-bond donors (Lipinski definition) is 0. The Morgan fingerprint density at radius 3 is 2.26 bits per heavy atom. The van der Waals surface area contributed by atoms with Crippen LogP contribution in [-0.2, 0) is 14.3 Å². The fourth-order valence-electron chi connectivity index (χ4n) is 3.50. The number of rotatable bonds is 4.